The number of fused-ring (bicyclic) bond motifs is 1. The van der Waals surface area contributed by atoms with E-state index >= 15 is 0 Å². The van der Waals surface area contributed by atoms with Gasteiger partial charge in [-0.2, -0.15) is 9.04 Å². The number of benzene rings is 2. The lowest BCUT2D eigenvalue weighted by Crippen LogP contribution is -2.50. The van der Waals surface area contributed by atoms with Crippen LogP contribution in [0.4, 0.5) is 0 Å². The fourth-order valence-corrected chi connectivity index (χ4v) is 4.80. The fourth-order valence-electron chi connectivity index (χ4n) is 3.35. The predicted molar refractivity (Wildman–Crippen MR) is 104 cm³/mol. The summed E-state index contributed by atoms with van der Waals surface area (Å²) in [7, 11) is -3.62. The van der Waals surface area contributed by atoms with E-state index in [4.69, 9.17) is 0 Å². The van der Waals surface area contributed by atoms with Gasteiger partial charge in [-0.25, -0.2) is 8.42 Å². The second-order valence-electron chi connectivity index (χ2n) is 6.65. The largest absolute Gasteiger partial charge is 0.619 e. The molecule has 2 heterocycles. The van der Waals surface area contributed by atoms with Gasteiger partial charge in [-0.3, -0.25) is 4.79 Å². The molecule has 4 rings (SSSR count). The first-order chi connectivity index (χ1) is 13.4. The summed E-state index contributed by atoms with van der Waals surface area (Å²) in [6.07, 6.45) is 2.54. The number of piperazine rings is 1. The molecule has 0 saturated carbocycles. The Morgan fingerprint density at radius 2 is 1.54 bits per heavy atom. The Bertz CT molecular complexity index is 1120. The van der Waals surface area contributed by atoms with E-state index in [1.165, 1.54) is 28.8 Å². The summed E-state index contributed by atoms with van der Waals surface area (Å²) in [6.45, 7) is 1.07. The van der Waals surface area contributed by atoms with E-state index in [9.17, 15) is 18.4 Å². The van der Waals surface area contributed by atoms with Gasteiger partial charge in [0.25, 0.3) is 5.91 Å². The number of pyridine rings is 1. The van der Waals surface area contributed by atoms with Crippen LogP contribution >= 0.6 is 0 Å². The monoisotopic (exact) mass is 397 g/mol. The highest BCUT2D eigenvalue weighted by Crippen LogP contribution is 2.23. The van der Waals surface area contributed by atoms with E-state index < -0.39 is 10.0 Å². The van der Waals surface area contributed by atoms with Crippen LogP contribution in [0.2, 0.25) is 0 Å². The standard InChI is InChI=1S/C20H19N3O4S/c24-20(17-7-9-22(25)10-8-17)21-11-13-23(14-12-21)28(26,27)19-6-5-16-3-1-2-4-18(16)15-19/h1-10,15H,11-14H2. The van der Waals surface area contributed by atoms with Gasteiger partial charge in [-0.1, -0.05) is 30.3 Å². The lowest BCUT2D eigenvalue weighted by molar-refractivity contribution is -0.605. The molecule has 8 heteroatoms. The molecule has 1 fully saturated rings. The average molecular weight is 397 g/mol. The maximum atomic E-state index is 13.0. The first-order valence-corrected chi connectivity index (χ1v) is 10.4. The second kappa shape index (κ2) is 7.21. The SMILES string of the molecule is O=C(c1cc[n+]([O-])cc1)N1CCN(S(=O)(=O)c2ccc3ccccc3c2)CC1. The van der Waals surface area contributed by atoms with Crippen molar-refractivity contribution >= 4 is 26.7 Å². The van der Waals surface area contributed by atoms with Gasteiger partial charge >= 0.3 is 0 Å². The molecule has 0 aliphatic carbocycles. The van der Waals surface area contributed by atoms with E-state index in [1.54, 1.807) is 23.1 Å². The Labute approximate surface area is 163 Å². The molecule has 144 valence electrons. The van der Waals surface area contributed by atoms with Gasteiger partial charge in [-0.15, -0.1) is 0 Å². The fraction of sp³-hybridized carbons (Fsp3) is 0.200. The molecule has 0 atom stereocenters. The van der Waals surface area contributed by atoms with E-state index in [0.29, 0.717) is 23.4 Å². The molecule has 1 saturated heterocycles. The molecule has 3 aromatic rings. The Hall–Kier alpha value is -2.97. The van der Waals surface area contributed by atoms with Crippen LogP contribution in [-0.4, -0.2) is 49.7 Å². The number of carbonyl (C=O) groups is 1. The number of amides is 1. The van der Waals surface area contributed by atoms with Crippen molar-refractivity contribution in [2.45, 2.75) is 4.90 Å². The minimum Gasteiger partial charge on any atom is -0.619 e. The van der Waals surface area contributed by atoms with Gasteiger partial charge in [0.05, 0.1) is 10.5 Å². The van der Waals surface area contributed by atoms with Gasteiger partial charge in [-0.05, 0) is 22.9 Å². The molecule has 7 nitrogen and oxygen atoms in total. The van der Waals surface area contributed by atoms with Crippen molar-refractivity contribution in [2.24, 2.45) is 0 Å². The number of carbonyl (C=O) groups excluding carboxylic acids is 1. The molecule has 0 spiro atoms. The molecular weight excluding hydrogens is 378 g/mol. The maximum Gasteiger partial charge on any atom is 0.254 e. The third kappa shape index (κ3) is 3.44. The second-order valence-corrected chi connectivity index (χ2v) is 8.59. The van der Waals surface area contributed by atoms with Crippen molar-refractivity contribution < 1.29 is 17.9 Å². The van der Waals surface area contributed by atoms with E-state index in [0.717, 1.165) is 10.8 Å². The van der Waals surface area contributed by atoms with Crippen LogP contribution in [0.15, 0.2) is 71.9 Å². The first kappa shape index (κ1) is 18.4. The quantitative estimate of drug-likeness (QED) is 0.497. The van der Waals surface area contributed by atoms with Gasteiger partial charge in [0.1, 0.15) is 0 Å². The van der Waals surface area contributed by atoms with Crippen molar-refractivity contribution in [1.82, 2.24) is 9.21 Å². The van der Waals surface area contributed by atoms with E-state index in [-0.39, 0.29) is 23.9 Å². The van der Waals surface area contributed by atoms with Crippen LogP contribution in [0.5, 0.6) is 0 Å². The summed E-state index contributed by atoms with van der Waals surface area (Å²) in [5, 5.41) is 13.0. The third-order valence-electron chi connectivity index (χ3n) is 4.93. The lowest BCUT2D eigenvalue weighted by Gasteiger charge is -2.34. The lowest BCUT2D eigenvalue weighted by atomic mass is 10.1. The Morgan fingerprint density at radius 1 is 0.893 bits per heavy atom. The predicted octanol–water partition coefficient (Wildman–Crippen LogP) is 1.62. The van der Waals surface area contributed by atoms with Crippen molar-refractivity contribution in [3.8, 4) is 0 Å². The summed E-state index contributed by atoms with van der Waals surface area (Å²) in [5.74, 6) is -0.205. The molecule has 1 aliphatic rings. The molecule has 1 aromatic heterocycles. The molecule has 1 amide bonds. The highest BCUT2D eigenvalue weighted by atomic mass is 32.2. The number of rotatable bonds is 3. The first-order valence-electron chi connectivity index (χ1n) is 8.92. The van der Waals surface area contributed by atoms with Gasteiger partial charge in [0.15, 0.2) is 12.4 Å². The number of hydrogen-bond donors (Lipinski definition) is 0. The third-order valence-corrected chi connectivity index (χ3v) is 6.83. The number of nitrogens with zero attached hydrogens (tertiary/aromatic N) is 3. The summed E-state index contributed by atoms with van der Waals surface area (Å²) in [6, 6.07) is 15.7. The van der Waals surface area contributed by atoms with Crippen LogP contribution < -0.4 is 4.73 Å². The molecular formula is C20H19N3O4S. The summed E-state index contributed by atoms with van der Waals surface area (Å²) in [5.41, 5.74) is 0.415. The van der Waals surface area contributed by atoms with Crippen molar-refractivity contribution in [3.63, 3.8) is 0 Å². The van der Waals surface area contributed by atoms with Gasteiger partial charge < -0.3 is 10.1 Å². The van der Waals surface area contributed by atoms with Crippen molar-refractivity contribution in [3.05, 3.63) is 77.8 Å². The number of aromatic nitrogens is 1. The summed E-state index contributed by atoms with van der Waals surface area (Å²) < 4.78 is 28.0. The maximum absolute atomic E-state index is 13.0. The zero-order valence-corrected chi connectivity index (χ0v) is 15.9. The highest BCUT2D eigenvalue weighted by molar-refractivity contribution is 7.89. The molecule has 2 aromatic carbocycles. The summed E-state index contributed by atoms with van der Waals surface area (Å²) in [4.78, 5) is 14.4. The minimum absolute atomic E-state index is 0.205. The number of hydrogen-bond acceptors (Lipinski definition) is 4. The Balaban J connectivity index is 1.49. The smallest absolute Gasteiger partial charge is 0.254 e. The van der Waals surface area contributed by atoms with Crippen LogP contribution in [-0.2, 0) is 10.0 Å². The van der Waals surface area contributed by atoms with Crippen molar-refractivity contribution in [2.75, 3.05) is 26.2 Å². The normalized spacial score (nSPS) is 15.6. The van der Waals surface area contributed by atoms with Crippen LogP contribution in [0.25, 0.3) is 10.8 Å². The van der Waals surface area contributed by atoms with Crippen LogP contribution in [0.3, 0.4) is 0 Å². The average Bonchev–Trinajstić information content (AvgIpc) is 2.73. The van der Waals surface area contributed by atoms with Crippen LogP contribution in [0, 0.1) is 5.21 Å². The van der Waals surface area contributed by atoms with Crippen LogP contribution in [0.1, 0.15) is 10.4 Å². The molecule has 0 bridgehead atoms. The summed E-state index contributed by atoms with van der Waals surface area (Å²) >= 11 is 0. The minimum atomic E-state index is -3.62. The Morgan fingerprint density at radius 3 is 2.21 bits per heavy atom. The van der Waals surface area contributed by atoms with Gasteiger partial charge in [0.2, 0.25) is 10.0 Å². The zero-order chi connectivity index (χ0) is 19.7. The van der Waals surface area contributed by atoms with Gasteiger partial charge in [0, 0.05) is 38.3 Å². The molecule has 28 heavy (non-hydrogen) atoms. The number of sulfonamides is 1. The molecule has 0 unspecified atom stereocenters. The molecule has 0 radical (unpaired) electrons. The van der Waals surface area contributed by atoms with E-state index in [1.807, 2.05) is 24.3 Å². The Kier molecular flexibility index (Phi) is 4.74. The zero-order valence-electron chi connectivity index (χ0n) is 15.1. The highest BCUT2D eigenvalue weighted by Gasteiger charge is 2.30. The van der Waals surface area contributed by atoms with E-state index in [2.05, 4.69) is 0 Å². The van der Waals surface area contributed by atoms with Crippen molar-refractivity contribution in [1.29, 1.82) is 0 Å². The topological polar surface area (TPSA) is 84.6 Å². The molecule has 0 N–H and O–H groups in total. The molecule has 1 aliphatic heterocycles.